The quantitative estimate of drug-likeness (QED) is 0.804. The molecular formula is C14H22FN3O. The molecule has 1 heterocycles. The maximum absolute atomic E-state index is 13.8. The number of likely N-dealkylation sites (tertiary alicyclic amines) is 1. The average Bonchev–Trinajstić information content (AvgIpc) is 2.91. The molecule has 0 aromatic heterocycles. The molecule has 1 atom stereocenters. The SMILES string of the molecule is COc1cc(NCC(C)N2CCCC2)c(F)cc1N. The molecule has 4 nitrogen and oxygen atoms in total. The molecule has 0 aliphatic carbocycles. The molecule has 1 saturated heterocycles. The molecule has 1 aliphatic rings. The van der Waals surface area contributed by atoms with Crippen molar-refractivity contribution in [3.05, 3.63) is 17.9 Å². The molecule has 0 bridgehead atoms. The third-order valence-electron chi connectivity index (χ3n) is 3.67. The summed E-state index contributed by atoms with van der Waals surface area (Å²) >= 11 is 0. The fraction of sp³-hybridized carbons (Fsp3) is 0.571. The van der Waals surface area contributed by atoms with Gasteiger partial charge in [-0.05, 0) is 32.9 Å². The molecule has 1 aromatic carbocycles. The zero-order valence-corrected chi connectivity index (χ0v) is 11.6. The first-order valence-electron chi connectivity index (χ1n) is 6.72. The molecule has 0 spiro atoms. The molecule has 106 valence electrons. The first-order chi connectivity index (χ1) is 9.11. The summed E-state index contributed by atoms with van der Waals surface area (Å²) in [5, 5.41) is 3.14. The van der Waals surface area contributed by atoms with Crippen LogP contribution >= 0.6 is 0 Å². The second-order valence-electron chi connectivity index (χ2n) is 5.05. The van der Waals surface area contributed by atoms with E-state index in [4.69, 9.17) is 10.5 Å². The molecule has 5 heteroatoms. The molecule has 0 saturated carbocycles. The first-order valence-corrected chi connectivity index (χ1v) is 6.72. The summed E-state index contributed by atoms with van der Waals surface area (Å²) in [4.78, 5) is 2.42. The Balaban J connectivity index is 1.98. The number of anilines is 2. The van der Waals surface area contributed by atoms with Crippen molar-refractivity contribution in [1.29, 1.82) is 0 Å². The van der Waals surface area contributed by atoms with Gasteiger partial charge in [0.25, 0.3) is 0 Å². The van der Waals surface area contributed by atoms with Crippen LogP contribution in [0.5, 0.6) is 5.75 Å². The van der Waals surface area contributed by atoms with Gasteiger partial charge in [0.2, 0.25) is 0 Å². The lowest BCUT2D eigenvalue weighted by atomic mass is 10.2. The molecule has 0 radical (unpaired) electrons. The van der Waals surface area contributed by atoms with Crippen molar-refractivity contribution in [2.75, 3.05) is 37.8 Å². The maximum atomic E-state index is 13.8. The van der Waals surface area contributed by atoms with Crippen molar-refractivity contribution in [2.45, 2.75) is 25.8 Å². The Morgan fingerprint density at radius 2 is 2.11 bits per heavy atom. The van der Waals surface area contributed by atoms with E-state index in [1.165, 1.54) is 26.0 Å². The van der Waals surface area contributed by atoms with Crippen LogP contribution in [0, 0.1) is 5.82 Å². The van der Waals surface area contributed by atoms with E-state index in [1.807, 2.05) is 0 Å². The van der Waals surface area contributed by atoms with Crippen molar-refractivity contribution >= 4 is 11.4 Å². The monoisotopic (exact) mass is 267 g/mol. The van der Waals surface area contributed by atoms with E-state index in [2.05, 4.69) is 17.1 Å². The van der Waals surface area contributed by atoms with Gasteiger partial charge in [-0.1, -0.05) is 0 Å². The minimum Gasteiger partial charge on any atom is -0.495 e. The summed E-state index contributed by atoms with van der Waals surface area (Å²) < 4.78 is 18.9. The fourth-order valence-corrected chi connectivity index (χ4v) is 2.45. The maximum Gasteiger partial charge on any atom is 0.148 e. The second-order valence-corrected chi connectivity index (χ2v) is 5.05. The van der Waals surface area contributed by atoms with Crippen molar-refractivity contribution < 1.29 is 9.13 Å². The van der Waals surface area contributed by atoms with Gasteiger partial charge < -0.3 is 15.8 Å². The van der Waals surface area contributed by atoms with Crippen LogP contribution in [0.1, 0.15) is 19.8 Å². The summed E-state index contributed by atoms with van der Waals surface area (Å²) in [5.41, 5.74) is 6.41. The van der Waals surface area contributed by atoms with E-state index in [0.29, 0.717) is 29.7 Å². The summed E-state index contributed by atoms with van der Waals surface area (Å²) in [6.45, 7) is 5.14. The number of nitrogens with one attached hydrogen (secondary N) is 1. The normalized spacial score (nSPS) is 17.4. The number of rotatable bonds is 5. The second kappa shape index (κ2) is 6.10. The van der Waals surface area contributed by atoms with Crippen LogP contribution in [-0.4, -0.2) is 37.7 Å². The van der Waals surface area contributed by atoms with Crippen LogP contribution in [0.15, 0.2) is 12.1 Å². The Morgan fingerprint density at radius 1 is 1.42 bits per heavy atom. The van der Waals surface area contributed by atoms with Gasteiger partial charge in [-0.15, -0.1) is 0 Å². The molecule has 0 amide bonds. The Labute approximate surface area is 113 Å². The highest BCUT2D eigenvalue weighted by Crippen LogP contribution is 2.28. The van der Waals surface area contributed by atoms with E-state index < -0.39 is 0 Å². The van der Waals surface area contributed by atoms with Crippen LogP contribution in [0.4, 0.5) is 15.8 Å². The van der Waals surface area contributed by atoms with E-state index in [1.54, 1.807) is 6.07 Å². The van der Waals surface area contributed by atoms with Crippen LogP contribution in [0.2, 0.25) is 0 Å². The third kappa shape index (κ3) is 3.29. The lowest BCUT2D eigenvalue weighted by Crippen LogP contribution is -2.35. The lowest BCUT2D eigenvalue weighted by molar-refractivity contribution is 0.269. The van der Waals surface area contributed by atoms with Gasteiger partial charge in [0, 0.05) is 24.7 Å². The number of nitrogens with zero attached hydrogens (tertiary/aromatic N) is 1. The minimum absolute atomic E-state index is 0.318. The van der Waals surface area contributed by atoms with Gasteiger partial charge in [-0.3, -0.25) is 4.90 Å². The number of halogens is 1. The number of ether oxygens (including phenoxy) is 1. The molecule has 3 N–H and O–H groups in total. The molecule has 1 fully saturated rings. The van der Waals surface area contributed by atoms with E-state index >= 15 is 0 Å². The van der Waals surface area contributed by atoms with Crippen LogP contribution in [-0.2, 0) is 0 Å². The van der Waals surface area contributed by atoms with Gasteiger partial charge in [0.05, 0.1) is 18.5 Å². The first kappa shape index (κ1) is 13.9. The number of hydrogen-bond donors (Lipinski definition) is 2. The summed E-state index contributed by atoms with van der Waals surface area (Å²) in [6, 6.07) is 3.30. The molecular weight excluding hydrogens is 245 g/mol. The number of hydrogen-bond acceptors (Lipinski definition) is 4. The molecule has 19 heavy (non-hydrogen) atoms. The highest BCUT2D eigenvalue weighted by atomic mass is 19.1. The van der Waals surface area contributed by atoms with E-state index in [9.17, 15) is 4.39 Å². The minimum atomic E-state index is -0.341. The van der Waals surface area contributed by atoms with Crippen LogP contribution < -0.4 is 15.8 Å². The van der Waals surface area contributed by atoms with E-state index in [0.717, 1.165) is 13.1 Å². The zero-order chi connectivity index (χ0) is 13.8. The molecule has 1 aliphatic heterocycles. The fourth-order valence-electron chi connectivity index (χ4n) is 2.45. The van der Waals surface area contributed by atoms with E-state index in [-0.39, 0.29) is 5.82 Å². The Hall–Kier alpha value is -1.49. The molecule has 1 aromatic rings. The summed E-state index contributed by atoms with van der Waals surface area (Å²) in [5.74, 6) is 0.157. The molecule has 1 unspecified atom stereocenters. The van der Waals surface area contributed by atoms with Gasteiger partial charge in [-0.2, -0.15) is 0 Å². The number of nitrogens with two attached hydrogens (primary N) is 1. The molecule has 2 rings (SSSR count). The summed E-state index contributed by atoms with van der Waals surface area (Å²) in [6.07, 6.45) is 2.52. The predicted molar refractivity (Wildman–Crippen MR) is 76.1 cm³/mol. The highest BCUT2D eigenvalue weighted by Gasteiger charge is 2.18. The Kier molecular flexibility index (Phi) is 4.47. The average molecular weight is 267 g/mol. The van der Waals surface area contributed by atoms with Gasteiger partial charge >= 0.3 is 0 Å². The smallest absolute Gasteiger partial charge is 0.148 e. The Bertz CT molecular complexity index is 433. The summed E-state index contributed by atoms with van der Waals surface area (Å²) in [7, 11) is 1.53. The van der Waals surface area contributed by atoms with Crippen molar-refractivity contribution in [3.63, 3.8) is 0 Å². The van der Waals surface area contributed by atoms with Crippen LogP contribution in [0.25, 0.3) is 0 Å². The zero-order valence-electron chi connectivity index (χ0n) is 11.6. The highest BCUT2D eigenvalue weighted by molar-refractivity contribution is 5.62. The largest absolute Gasteiger partial charge is 0.495 e. The number of methoxy groups -OCH3 is 1. The van der Waals surface area contributed by atoms with Crippen LogP contribution in [0.3, 0.4) is 0 Å². The van der Waals surface area contributed by atoms with Gasteiger partial charge in [0.1, 0.15) is 11.6 Å². The number of nitrogen functional groups attached to an aromatic ring is 1. The van der Waals surface area contributed by atoms with Crippen molar-refractivity contribution in [3.8, 4) is 5.75 Å². The Morgan fingerprint density at radius 3 is 2.74 bits per heavy atom. The standard InChI is InChI=1S/C14H22FN3O/c1-10(18-5-3-4-6-18)9-17-13-8-14(19-2)12(16)7-11(13)15/h7-8,10,17H,3-6,9,16H2,1-2H3. The lowest BCUT2D eigenvalue weighted by Gasteiger charge is -2.24. The predicted octanol–water partition coefficient (Wildman–Crippen LogP) is 2.31. The third-order valence-corrected chi connectivity index (χ3v) is 3.67. The van der Waals surface area contributed by atoms with Crippen molar-refractivity contribution in [1.82, 2.24) is 4.90 Å². The number of benzene rings is 1. The topological polar surface area (TPSA) is 50.5 Å². The van der Waals surface area contributed by atoms with Gasteiger partial charge in [0.15, 0.2) is 0 Å². The van der Waals surface area contributed by atoms with Gasteiger partial charge in [-0.25, -0.2) is 4.39 Å². The van der Waals surface area contributed by atoms with Crippen molar-refractivity contribution in [2.24, 2.45) is 0 Å².